The highest BCUT2D eigenvalue weighted by atomic mass is 16.3. The number of nitrogens with one attached hydrogen (secondary N) is 1. The lowest BCUT2D eigenvalue weighted by molar-refractivity contribution is 0.570. The van der Waals surface area contributed by atoms with Crippen LogP contribution >= 0.6 is 0 Å². The Morgan fingerprint density at radius 2 is 2.00 bits per heavy atom. The number of benzene rings is 1. The Morgan fingerprint density at radius 1 is 1.24 bits per heavy atom. The van der Waals surface area contributed by atoms with E-state index < -0.39 is 0 Å². The first-order valence-electron chi connectivity index (χ1n) is 6.01. The monoisotopic (exact) mass is 230 g/mol. The Morgan fingerprint density at radius 3 is 2.71 bits per heavy atom. The summed E-state index contributed by atoms with van der Waals surface area (Å²) < 4.78 is 5.47. The topological polar surface area (TPSA) is 38.1 Å². The largest absolute Gasteiger partial charge is 0.444 e. The van der Waals surface area contributed by atoms with Gasteiger partial charge in [0.05, 0.1) is 5.69 Å². The van der Waals surface area contributed by atoms with E-state index in [0.717, 1.165) is 30.8 Å². The molecule has 0 aliphatic carbocycles. The fourth-order valence-electron chi connectivity index (χ4n) is 1.61. The number of aromatic nitrogens is 1. The van der Waals surface area contributed by atoms with Gasteiger partial charge in [0.2, 0.25) is 5.89 Å². The first-order chi connectivity index (χ1) is 8.29. The molecule has 0 saturated heterocycles. The van der Waals surface area contributed by atoms with Crippen LogP contribution in [0.3, 0.4) is 0 Å². The van der Waals surface area contributed by atoms with Crippen LogP contribution in [-0.4, -0.2) is 11.5 Å². The van der Waals surface area contributed by atoms with Crippen molar-refractivity contribution in [1.82, 2.24) is 10.3 Å². The minimum Gasteiger partial charge on any atom is -0.444 e. The molecule has 0 aliphatic rings. The fraction of sp³-hybridized carbons (Fsp3) is 0.357. The SMILES string of the molecule is CCCNCc1coc(-c2ccc(C)cc2)n1. The smallest absolute Gasteiger partial charge is 0.226 e. The number of rotatable bonds is 5. The van der Waals surface area contributed by atoms with Crippen LogP contribution in [0, 0.1) is 6.92 Å². The van der Waals surface area contributed by atoms with E-state index in [1.807, 2.05) is 12.1 Å². The van der Waals surface area contributed by atoms with Crippen LogP contribution in [0.5, 0.6) is 0 Å². The van der Waals surface area contributed by atoms with E-state index in [1.165, 1.54) is 5.56 Å². The fourth-order valence-corrected chi connectivity index (χ4v) is 1.61. The quantitative estimate of drug-likeness (QED) is 0.802. The lowest BCUT2D eigenvalue weighted by Crippen LogP contribution is -2.13. The van der Waals surface area contributed by atoms with Crippen LogP contribution in [0.1, 0.15) is 24.6 Å². The zero-order chi connectivity index (χ0) is 12.1. The normalized spacial score (nSPS) is 10.7. The number of hydrogen-bond acceptors (Lipinski definition) is 3. The second kappa shape index (κ2) is 5.64. The maximum atomic E-state index is 5.47. The second-order valence-corrected chi connectivity index (χ2v) is 4.19. The molecule has 0 fully saturated rings. The minimum atomic E-state index is 0.693. The van der Waals surface area contributed by atoms with E-state index in [-0.39, 0.29) is 0 Å². The predicted octanol–water partition coefficient (Wildman–Crippen LogP) is 3.15. The highest BCUT2D eigenvalue weighted by Gasteiger charge is 2.05. The van der Waals surface area contributed by atoms with E-state index in [1.54, 1.807) is 6.26 Å². The van der Waals surface area contributed by atoms with Gasteiger partial charge < -0.3 is 9.73 Å². The van der Waals surface area contributed by atoms with Gasteiger partial charge in [-0.25, -0.2) is 4.98 Å². The van der Waals surface area contributed by atoms with E-state index in [9.17, 15) is 0 Å². The molecule has 0 amide bonds. The van der Waals surface area contributed by atoms with Crippen molar-refractivity contribution in [1.29, 1.82) is 0 Å². The van der Waals surface area contributed by atoms with Crippen molar-refractivity contribution >= 4 is 0 Å². The molecule has 1 N–H and O–H groups in total. The molecule has 0 aliphatic heterocycles. The molecule has 17 heavy (non-hydrogen) atoms. The summed E-state index contributed by atoms with van der Waals surface area (Å²) in [4.78, 5) is 4.45. The molecular weight excluding hydrogens is 212 g/mol. The summed E-state index contributed by atoms with van der Waals surface area (Å²) in [6, 6.07) is 8.19. The first kappa shape index (κ1) is 11.9. The van der Waals surface area contributed by atoms with E-state index in [4.69, 9.17) is 4.42 Å². The minimum absolute atomic E-state index is 0.693. The average Bonchev–Trinajstić information content (AvgIpc) is 2.79. The maximum Gasteiger partial charge on any atom is 0.226 e. The molecule has 0 spiro atoms. The first-order valence-corrected chi connectivity index (χ1v) is 6.01. The van der Waals surface area contributed by atoms with Gasteiger partial charge >= 0.3 is 0 Å². The number of aryl methyl sites for hydroxylation is 1. The van der Waals surface area contributed by atoms with Gasteiger partial charge in [-0.3, -0.25) is 0 Å². The molecule has 0 atom stereocenters. The number of oxazole rings is 1. The van der Waals surface area contributed by atoms with Crippen LogP contribution < -0.4 is 5.32 Å². The van der Waals surface area contributed by atoms with E-state index in [0.29, 0.717) is 5.89 Å². The van der Waals surface area contributed by atoms with Crippen LogP contribution in [0.25, 0.3) is 11.5 Å². The third kappa shape index (κ3) is 3.17. The Hall–Kier alpha value is -1.61. The maximum absolute atomic E-state index is 5.47. The van der Waals surface area contributed by atoms with Crippen LogP contribution in [0.15, 0.2) is 34.9 Å². The number of nitrogens with zero attached hydrogens (tertiary/aromatic N) is 1. The zero-order valence-corrected chi connectivity index (χ0v) is 10.4. The molecule has 3 heteroatoms. The van der Waals surface area contributed by atoms with Crippen molar-refractivity contribution in [2.24, 2.45) is 0 Å². The molecule has 90 valence electrons. The van der Waals surface area contributed by atoms with Crippen LogP contribution in [-0.2, 0) is 6.54 Å². The summed E-state index contributed by atoms with van der Waals surface area (Å²) in [5.74, 6) is 0.693. The summed E-state index contributed by atoms with van der Waals surface area (Å²) in [6.07, 6.45) is 2.85. The van der Waals surface area contributed by atoms with Crippen molar-refractivity contribution in [2.75, 3.05) is 6.54 Å². The zero-order valence-electron chi connectivity index (χ0n) is 10.4. The lowest BCUT2D eigenvalue weighted by Gasteiger charge is -1.97. The van der Waals surface area contributed by atoms with Gasteiger partial charge in [0.25, 0.3) is 0 Å². The summed E-state index contributed by atoms with van der Waals surface area (Å²) in [5.41, 5.74) is 3.22. The van der Waals surface area contributed by atoms with Gasteiger partial charge in [-0.05, 0) is 32.0 Å². The van der Waals surface area contributed by atoms with Gasteiger partial charge in [0, 0.05) is 12.1 Å². The Kier molecular flexibility index (Phi) is 3.94. The van der Waals surface area contributed by atoms with Gasteiger partial charge in [-0.15, -0.1) is 0 Å². The molecule has 0 bridgehead atoms. The molecular formula is C14H18N2O. The molecule has 1 aromatic carbocycles. The Labute approximate surface area is 102 Å². The predicted molar refractivity (Wildman–Crippen MR) is 68.7 cm³/mol. The van der Waals surface area contributed by atoms with Crippen molar-refractivity contribution in [2.45, 2.75) is 26.8 Å². The highest BCUT2D eigenvalue weighted by Crippen LogP contribution is 2.18. The third-order valence-electron chi connectivity index (χ3n) is 2.58. The summed E-state index contributed by atoms with van der Waals surface area (Å²) >= 11 is 0. The molecule has 0 unspecified atom stereocenters. The molecule has 3 nitrogen and oxygen atoms in total. The van der Waals surface area contributed by atoms with Gasteiger partial charge in [0.15, 0.2) is 0 Å². The van der Waals surface area contributed by atoms with E-state index >= 15 is 0 Å². The molecule has 0 saturated carbocycles. The summed E-state index contributed by atoms with van der Waals surface area (Å²) in [6.45, 7) is 5.99. The molecule has 2 rings (SSSR count). The van der Waals surface area contributed by atoms with Gasteiger partial charge in [-0.1, -0.05) is 24.6 Å². The number of hydrogen-bond donors (Lipinski definition) is 1. The van der Waals surface area contributed by atoms with Gasteiger partial charge in [0.1, 0.15) is 6.26 Å². The Balaban J connectivity index is 2.04. The summed E-state index contributed by atoms with van der Waals surface area (Å²) in [5, 5.41) is 3.30. The highest BCUT2D eigenvalue weighted by molar-refractivity contribution is 5.53. The van der Waals surface area contributed by atoms with Crippen LogP contribution in [0.4, 0.5) is 0 Å². The third-order valence-corrected chi connectivity index (χ3v) is 2.58. The van der Waals surface area contributed by atoms with Crippen molar-refractivity contribution < 1.29 is 4.42 Å². The van der Waals surface area contributed by atoms with Crippen LogP contribution in [0.2, 0.25) is 0 Å². The Bertz CT molecular complexity index is 459. The lowest BCUT2D eigenvalue weighted by atomic mass is 10.1. The molecule has 0 radical (unpaired) electrons. The second-order valence-electron chi connectivity index (χ2n) is 4.19. The van der Waals surface area contributed by atoms with E-state index in [2.05, 4.69) is 36.3 Å². The van der Waals surface area contributed by atoms with Gasteiger partial charge in [-0.2, -0.15) is 0 Å². The molecule has 1 aromatic heterocycles. The average molecular weight is 230 g/mol. The van der Waals surface area contributed by atoms with Crippen molar-refractivity contribution in [3.05, 3.63) is 41.8 Å². The van der Waals surface area contributed by atoms with Crippen molar-refractivity contribution in [3.8, 4) is 11.5 Å². The molecule has 2 aromatic rings. The molecule has 1 heterocycles. The van der Waals surface area contributed by atoms with Crippen molar-refractivity contribution in [3.63, 3.8) is 0 Å². The standard InChI is InChI=1S/C14H18N2O/c1-3-8-15-9-13-10-17-14(16-13)12-6-4-11(2)5-7-12/h4-7,10,15H,3,8-9H2,1-2H3. The summed E-state index contributed by atoms with van der Waals surface area (Å²) in [7, 11) is 0.